The van der Waals surface area contributed by atoms with E-state index in [4.69, 9.17) is 5.73 Å². The van der Waals surface area contributed by atoms with Crippen molar-refractivity contribution in [1.29, 1.82) is 0 Å². The number of rotatable bonds is 5. The predicted octanol–water partition coefficient (Wildman–Crippen LogP) is 1.76. The Morgan fingerprint density at radius 1 is 1.26 bits per heavy atom. The molecule has 1 amide bonds. The van der Waals surface area contributed by atoms with E-state index in [9.17, 15) is 14.9 Å². The van der Waals surface area contributed by atoms with Crippen LogP contribution in [-0.2, 0) is 4.79 Å². The second-order valence-corrected chi connectivity index (χ2v) is 4.85. The van der Waals surface area contributed by atoms with Gasteiger partial charge in [0.15, 0.2) is 0 Å². The molecule has 19 heavy (non-hydrogen) atoms. The highest BCUT2D eigenvalue weighted by Gasteiger charge is 2.19. The van der Waals surface area contributed by atoms with Gasteiger partial charge in [-0.2, -0.15) is 0 Å². The predicted molar refractivity (Wildman–Crippen MR) is 72.5 cm³/mol. The van der Waals surface area contributed by atoms with Gasteiger partial charge in [-0.05, 0) is 18.4 Å². The lowest BCUT2D eigenvalue weighted by atomic mass is 10.0. The van der Waals surface area contributed by atoms with E-state index < -0.39 is 11.0 Å². The summed E-state index contributed by atoms with van der Waals surface area (Å²) in [6.45, 7) is 5.56. The Morgan fingerprint density at radius 3 is 2.21 bits per heavy atom. The summed E-state index contributed by atoms with van der Waals surface area (Å²) in [6, 6.07) is 5.30. The van der Waals surface area contributed by atoms with Crippen LogP contribution in [0.1, 0.15) is 32.4 Å². The molecule has 2 atom stereocenters. The van der Waals surface area contributed by atoms with Crippen LogP contribution in [0.5, 0.6) is 0 Å². The van der Waals surface area contributed by atoms with E-state index in [-0.39, 0.29) is 23.6 Å². The molecule has 0 unspecified atom stereocenters. The molecule has 0 heterocycles. The summed E-state index contributed by atoms with van der Waals surface area (Å²) >= 11 is 0. The Morgan fingerprint density at radius 2 is 1.79 bits per heavy atom. The Bertz CT molecular complexity index is 457. The lowest BCUT2D eigenvalue weighted by molar-refractivity contribution is -0.384. The number of nitrogens with one attached hydrogen (secondary N) is 1. The van der Waals surface area contributed by atoms with E-state index in [1.165, 1.54) is 12.1 Å². The zero-order valence-corrected chi connectivity index (χ0v) is 11.3. The van der Waals surface area contributed by atoms with Crippen molar-refractivity contribution in [3.05, 3.63) is 39.9 Å². The first-order valence-electron chi connectivity index (χ1n) is 6.13. The second kappa shape index (κ2) is 6.29. The third-order valence-corrected chi connectivity index (χ3v) is 2.98. The van der Waals surface area contributed by atoms with Gasteiger partial charge in [0.1, 0.15) is 0 Å². The highest BCUT2D eigenvalue weighted by molar-refractivity contribution is 5.82. The number of nitro benzene ring substituents is 1. The molecule has 1 rings (SSSR count). The minimum atomic E-state index is -0.555. The van der Waals surface area contributed by atoms with E-state index in [1.54, 1.807) is 12.1 Å². The van der Waals surface area contributed by atoms with Gasteiger partial charge in [0.25, 0.3) is 5.69 Å². The SMILES string of the molecule is CC(C)[C@@H](N)C(=O)N[C@H](C)c1ccc([N+](=O)[O-])cc1. The molecule has 104 valence electrons. The maximum Gasteiger partial charge on any atom is 0.269 e. The molecule has 0 radical (unpaired) electrons. The number of hydrogen-bond acceptors (Lipinski definition) is 4. The molecule has 6 nitrogen and oxygen atoms in total. The van der Waals surface area contributed by atoms with Crippen LogP contribution in [-0.4, -0.2) is 16.9 Å². The zero-order chi connectivity index (χ0) is 14.6. The number of nitrogens with two attached hydrogens (primary N) is 1. The molecule has 0 aliphatic rings. The third kappa shape index (κ3) is 4.03. The maximum atomic E-state index is 11.8. The van der Waals surface area contributed by atoms with E-state index in [2.05, 4.69) is 5.32 Å². The maximum absolute atomic E-state index is 11.8. The normalized spacial score (nSPS) is 13.9. The topological polar surface area (TPSA) is 98.3 Å². The fourth-order valence-corrected chi connectivity index (χ4v) is 1.58. The number of benzene rings is 1. The van der Waals surface area contributed by atoms with Crippen molar-refractivity contribution in [3.8, 4) is 0 Å². The lowest BCUT2D eigenvalue weighted by Gasteiger charge is -2.19. The minimum absolute atomic E-state index is 0.0289. The molecule has 6 heteroatoms. The molecular weight excluding hydrogens is 246 g/mol. The van der Waals surface area contributed by atoms with Gasteiger partial charge < -0.3 is 11.1 Å². The highest BCUT2D eigenvalue weighted by Crippen LogP contribution is 2.17. The van der Waals surface area contributed by atoms with Gasteiger partial charge in [0.2, 0.25) is 5.91 Å². The summed E-state index contributed by atoms with van der Waals surface area (Å²) in [4.78, 5) is 21.9. The van der Waals surface area contributed by atoms with Gasteiger partial charge in [-0.25, -0.2) is 0 Å². The van der Waals surface area contributed by atoms with E-state index in [1.807, 2.05) is 20.8 Å². The standard InChI is InChI=1S/C13H19N3O3/c1-8(2)12(14)13(17)15-9(3)10-4-6-11(7-5-10)16(18)19/h4-9,12H,14H2,1-3H3,(H,15,17)/t9-,12-/m1/s1. The van der Waals surface area contributed by atoms with Gasteiger partial charge in [-0.15, -0.1) is 0 Å². The van der Waals surface area contributed by atoms with E-state index >= 15 is 0 Å². The average molecular weight is 265 g/mol. The average Bonchev–Trinajstić information content (AvgIpc) is 2.37. The van der Waals surface area contributed by atoms with Crippen molar-refractivity contribution in [2.75, 3.05) is 0 Å². The Balaban J connectivity index is 2.70. The molecule has 0 aliphatic heterocycles. The Hall–Kier alpha value is -1.95. The summed E-state index contributed by atoms with van der Waals surface area (Å²) in [5.41, 5.74) is 6.58. The second-order valence-electron chi connectivity index (χ2n) is 4.85. The van der Waals surface area contributed by atoms with Crippen LogP contribution in [0.15, 0.2) is 24.3 Å². The summed E-state index contributed by atoms with van der Waals surface area (Å²) in [5, 5.41) is 13.3. The van der Waals surface area contributed by atoms with Crippen LogP contribution in [0.4, 0.5) is 5.69 Å². The summed E-state index contributed by atoms with van der Waals surface area (Å²) < 4.78 is 0. The number of hydrogen-bond donors (Lipinski definition) is 2. The lowest BCUT2D eigenvalue weighted by Crippen LogP contribution is -2.44. The smallest absolute Gasteiger partial charge is 0.269 e. The molecule has 0 saturated heterocycles. The highest BCUT2D eigenvalue weighted by atomic mass is 16.6. The molecular formula is C13H19N3O3. The molecule has 1 aromatic carbocycles. The first-order valence-corrected chi connectivity index (χ1v) is 6.13. The van der Waals surface area contributed by atoms with Crippen molar-refractivity contribution >= 4 is 11.6 Å². The molecule has 3 N–H and O–H groups in total. The molecule has 0 aliphatic carbocycles. The fourth-order valence-electron chi connectivity index (χ4n) is 1.58. The summed E-state index contributed by atoms with van der Waals surface area (Å²) in [7, 11) is 0. The number of nitro groups is 1. The zero-order valence-electron chi connectivity index (χ0n) is 11.3. The first-order chi connectivity index (χ1) is 8.82. The van der Waals surface area contributed by atoms with Crippen molar-refractivity contribution in [3.63, 3.8) is 0 Å². The minimum Gasteiger partial charge on any atom is -0.348 e. The van der Waals surface area contributed by atoms with Crippen molar-refractivity contribution < 1.29 is 9.72 Å². The van der Waals surface area contributed by atoms with Crippen LogP contribution < -0.4 is 11.1 Å². The summed E-state index contributed by atoms with van der Waals surface area (Å²) in [5.74, 6) is -0.162. The number of carbonyl (C=O) groups is 1. The Kier molecular flexibility index (Phi) is 5.00. The molecule has 0 bridgehead atoms. The molecule has 0 spiro atoms. The van der Waals surface area contributed by atoms with Gasteiger partial charge >= 0.3 is 0 Å². The fraction of sp³-hybridized carbons (Fsp3) is 0.462. The van der Waals surface area contributed by atoms with Gasteiger partial charge in [-0.1, -0.05) is 26.0 Å². The quantitative estimate of drug-likeness (QED) is 0.626. The Labute approximate surface area is 112 Å². The van der Waals surface area contributed by atoms with Crippen LogP contribution in [0, 0.1) is 16.0 Å². The largest absolute Gasteiger partial charge is 0.348 e. The number of non-ortho nitro benzene ring substituents is 1. The number of nitrogens with zero attached hydrogens (tertiary/aromatic N) is 1. The molecule has 0 fully saturated rings. The van der Waals surface area contributed by atoms with Crippen molar-refractivity contribution in [1.82, 2.24) is 5.32 Å². The van der Waals surface area contributed by atoms with Crippen LogP contribution in [0.25, 0.3) is 0 Å². The molecule has 1 aromatic rings. The molecule has 0 aromatic heterocycles. The van der Waals surface area contributed by atoms with Gasteiger partial charge in [-0.3, -0.25) is 14.9 Å². The van der Waals surface area contributed by atoms with Crippen LogP contribution in [0.3, 0.4) is 0 Å². The molecule has 0 saturated carbocycles. The van der Waals surface area contributed by atoms with E-state index in [0.29, 0.717) is 0 Å². The first kappa shape index (κ1) is 15.1. The van der Waals surface area contributed by atoms with Gasteiger partial charge in [0, 0.05) is 12.1 Å². The van der Waals surface area contributed by atoms with Gasteiger partial charge in [0.05, 0.1) is 17.0 Å². The summed E-state index contributed by atoms with van der Waals surface area (Å²) in [6.07, 6.45) is 0. The van der Waals surface area contributed by atoms with Crippen LogP contribution >= 0.6 is 0 Å². The van der Waals surface area contributed by atoms with E-state index in [0.717, 1.165) is 5.56 Å². The number of carbonyl (C=O) groups excluding carboxylic acids is 1. The number of amides is 1. The van der Waals surface area contributed by atoms with Crippen LogP contribution in [0.2, 0.25) is 0 Å². The third-order valence-electron chi connectivity index (χ3n) is 2.98. The van der Waals surface area contributed by atoms with Crippen molar-refractivity contribution in [2.24, 2.45) is 11.7 Å². The monoisotopic (exact) mass is 265 g/mol. The van der Waals surface area contributed by atoms with Crippen molar-refractivity contribution in [2.45, 2.75) is 32.9 Å².